The minimum absolute atomic E-state index is 0. The highest BCUT2D eigenvalue weighted by Gasteiger charge is 2.24. The smallest absolute Gasteiger partial charge is 0.175 e. The maximum absolute atomic E-state index is 9.78. The van der Waals surface area contributed by atoms with E-state index in [2.05, 4.69) is 33.5 Å². The summed E-state index contributed by atoms with van der Waals surface area (Å²) in [5, 5.41) is 16.4. The molecule has 0 aromatic heterocycles. The predicted molar refractivity (Wildman–Crippen MR) is 97.8 cm³/mol. The Bertz CT molecular complexity index is 491. The zero-order valence-electron chi connectivity index (χ0n) is 13.6. The molecule has 2 rings (SSSR count). The van der Waals surface area contributed by atoms with Crippen LogP contribution in [0.15, 0.2) is 16.6 Å². The standard InChI is InChI=1S/C16H25BrN2O3.ClH/c1-3-4-22-16-13(17)5-11(6-15(16)21-2)7-18-8-12-9-19-10-14(12)20;/h5-6,12,14,18-20H,3-4,7-10H2,1-2H3;1H. The molecule has 2 unspecified atom stereocenters. The van der Waals surface area contributed by atoms with Crippen LogP contribution >= 0.6 is 28.3 Å². The van der Waals surface area contributed by atoms with E-state index in [4.69, 9.17) is 9.47 Å². The number of rotatable bonds is 8. The molecule has 0 bridgehead atoms. The number of aliphatic hydroxyl groups is 1. The van der Waals surface area contributed by atoms with Crippen molar-refractivity contribution in [3.63, 3.8) is 0 Å². The monoisotopic (exact) mass is 408 g/mol. The Hall–Kier alpha value is -0.530. The summed E-state index contributed by atoms with van der Waals surface area (Å²) >= 11 is 3.55. The van der Waals surface area contributed by atoms with Gasteiger partial charge >= 0.3 is 0 Å². The third-order valence-electron chi connectivity index (χ3n) is 3.78. The molecular weight excluding hydrogens is 384 g/mol. The van der Waals surface area contributed by atoms with Gasteiger partial charge in [0.05, 0.1) is 24.3 Å². The fourth-order valence-electron chi connectivity index (χ4n) is 2.55. The van der Waals surface area contributed by atoms with E-state index in [1.807, 2.05) is 12.1 Å². The predicted octanol–water partition coefficient (Wildman–Crippen LogP) is 2.34. The van der Waals surface area contributed by atoms with E-state index in [-0.39, 0.29) is 24.4 Å². The zero-order chi connectivity index (χ0) is 15.9. The van der Waals surface area contributed by atoms with Crippen LogP contribution < -0.4 is 20.1 Å². The quantitative estimate of drug-likeness (QED) is 0.615. The molecule has 7 heteroatoms. The van der Waals surface area contributed by atoms with E-state index in [1.54, 1.807) is 7.11 Å². The summed E-state index contributed by atoms with van der Waals surface area (Å²) in [5.74, 6) is 1.77. The summed E-state index contributed by atoms with van der Waals surface area (Å²) in [4.78, 5) is 0. The Kier molecular flexibility index (Phi) is 9.24. The van der Waals surface area contributed by atoms with Gasteiger partial charge in [0.25, 0.3) is 0 Å². The van der Waals surface area contributed by atoms with Crippen molar-refractivity contribution >= 4 is 28.3 Å². The second-order valence-electron chi connectivity index (χ2n) is 5.57. The molecule has 0 aliphatic carbocycles. The molecule has 1 aliphatic rings. The van der Waals surface area contributed by atoms with Crippen LogP contribution in [0.2, 0.25) is 0 Å². The second-order valence-corrected chi connectivity index (χ2v) is 6.43. The van der Waals surface area contributed by atoms with Crippen molar-refractivity contribution in [1.82, 2.24) is 10.6 Å². The average molecular weight is 410 g/mol. The van der Waals surface area contributed by atoms with Gasteiger partial charge in [0.2, 0.25) is 0 Å². The molecule has 0 saturated carbocycles. The molecule has 1 saturated heterocycles. The lowest BCUT2D eigenvalue weighted by Gasteiger charge is -2.16. The van der Waals surface area contributed by atoms with E-state index >= 15 is 0 Å². The van der Waals surface area contributed by atoms with Gasteiger partial charge in [-0.2, -0.15) is 0 Å². The van der Waals surface area contributed by atoms with Gasteiger partial charge in [-0.25, -0.2) is 0 Å². The molecule has 1 heterocycles. The molecule has 132 valence electrons. The first-order valence-electron chi connectivity index (χ1n) is 7.74. The summed E-state index contributed by atoms with van der Waals surface area (Å²) in [6, 6.07) is 4.04. The number of methoxy groups -OCH3 is 1. The van der Waals surface area contributed by atoms with Crippen molar-refractivity contribution in [3.8, 4) is 11.5 Å². The van der Waals surface area contributed by atoms with E-state index in [0.717, 1.165) is 47.6 Å². The molecule has 3 N–H and O–H groups in total. The number of aliphatic hydroxyl groups excluding tert-OH is 1. The van der Waals surface area contributed by atoms with E-state index < -0.39 is 0 Å². The van der Waals surface area contributed by atoms with Crippen molar-refractivity contribution in [2.45, 2.75) is 26.0 Å². The van der Waals surface area contributed by atoms with Gasteiger partial charge in [0, 0.05) is 32.1 Å². The minimum atomic E-state index is -0.251. The lowest BCUT2D eigenvalue weighted by atomic mass is 10.1. The van der Waals surface area contributed by atoms with Crippen molar-refractivity contribution in [2.24, 2.45) is 5.92 Å². The first-order valence-corrected chi connectivity index (χ1v) is 8.53. The molecule has 0 radical (unpaired) electrons. The summed E-state index contributed by atoms with van der Waals surface area (Å²) < 4.78 is 12.1. The normalized spacial score (nSPS) is 20.2. The molecular formula is C16H26BrClN2O3. The molecule has 0 spiro atoms. The van der Waals surface area contributed by atoms with Gasteiger partial charge in [0.15, 0.2) is 11.5 Å². The summed E-state index contributed by atoms with van der Waals surface area (Å²) in [7, 11) is 1.65. The molecule has 1 fully saturated rings. The minimum Gasteiger partial charge on any atom is -0.493 e. The average Bonchev–Trinajstić information content (AvgIpc) is 2.91. The number of halogens is 2. The van der Waals surface area contributed by atoms with Crippen LogP contribution in [-0.2, 0) is 6.54 Å². The zero-order valence-corrected chi connectivity index (χ0v) is 16.0. The summed E-state index contributed by atoms with van der Waals surface area (Å²) in [6.07, 6.45) is 0.704. The van der Waals surface area contributed by atoms with Crippen LogP contribution in [-0.4, -0.2) is 44.6 Å². The Morgan fingerprint density at radius 1 is 1.39 bits per heavy atom. The molecule has 0 amide bonds. The van der Waals surface area contributed by atoms with E-state index in [9.17, 15) is 5.11 Å². The number of nitrogens with one attached hydrogen (secondary N) is 2. The van der Waals surface area contributed by atoms with Gasteiger partial charge in [0.1, 0.15) is 0 Å². The maximum atomic E-state index is 9.78. The van der Waals surface area contributed by atoms with Crippen LogP contribution in [0.25, 0.3) is 0 Å². The largest absolute Gasteiger partial charge is 0.493 e. The number of hydrogen-bond acceptors (Lipinski definition) is 5. The van der Waals surface area contributed by atoms with Crippen molar-refractivity contribution in [1.29, 1.82) is 0 Å². The van der Waals surface area contributed by atoms with Gasteiger partial charge in [-0.1, -0.05) is 6.92 Å². The molecule has 2 atom stereocenters. The van der Waals surface area contributed by atoms with Crippen LogP contribution in [0.1, 0.15) is 18.9 Å². The lowest BCUT2D eigenvalue weighted by molar-refractivity contribution is 0.146. The summed E-state index contributed by atoms with van der Waals surface area (Å²) in [6.45, 7) is 5.82. The Morgan fingerprint density at radius 2 is 2.17 bits per heavy atom. The highest BCUT2D eigenvalue weighted by molar-refractivity contribution is 9.10. The number of benzene rings is 1. The lowest BCUT2D eigenvalue weighted by Crippen LogP contribution is -2.30. The van der Waals surface area contributed by atoms with Crippen molar-refractivity contribution < 1.29 is 14.6 Å². The molecule has 1 aliphatic heterocycles. The van der Waals surface area contributed by atoms with Crippen LogP contribution in [0, 0.1) is 5.92 Å². The SMILES string of the molecule is CCCOc1c(Br)cc(CNCC2CNCC2O)cc1OC.Cl. The molecule has 23 heavy (non-hydrogen) atoms. The van der Waals surface area contributed by atoms with Crippen molar-refractivity contribution in [3.05, 3.63) is 22.2 Å². The van der Waals surface area contributed by atoms with E-state index in [0.29, 0.717) is 13.2 Å². The highest BCUT2D eigenvalue weighted by atomic mass is 79.9. The van der Waals surface area contributed by atoms with Crippen LogP contribution in [0.3, 0.4) is 0 Å². The van der Waals surface area contributed by atoms with Crippen LogP contribution in [0.4, 0.5) is 0 Å². The molecule has 5 nitrogen and oxygen atoms in total. The second kappa shape index (κ2) is 10.4. The Balaban J connectivity index is 0.00000264. The third-order valence-corrected chi connectivity index (χ3v) is 4.37. The fourth-order valence-corrected chi connectivity index (χ4v) is 3.15. The first-order chi connectivity index (χ1) is 10.7. The van der Waals surface area contributed by atoms with Gasteiger partial charge in [-0.15, -0.1) is 12.4 Å². The highest BCUT2D eigenvalue weighted by Crippen LogP contribution is 2.36. The topological polar surface area (TPSA) is 62.8 Å². The Labute approximate surface area is 152 Å². The van der Waals surface area contributed by atoms with Crippen molar-refractivity contribution in [2.75, 3.05) is 33.4 Å². The number of ether oxygens (including phenoxy) is 2. The maximum Gasteiger partial charge on any atom is 0.175 e. The number of β-amino-alcohol motifs (C(OH)–C–C–N with tert-alkyl or cyclic N) is 1. The summed E-state index contributed by atoms with van der Waals surface area (Å²) in [5.41, 5.74) is 1.12. The van der Waals surface area contributed by atoms with E-state index in [1.165, 1.54) is 0 Å². The van der Waals surface area contributed by atoms with Gasteiger partial charge in [-0.3, -0.25) is 0 Å². The number of hydrogen-bond donors (Lipinski definition) is 3. The molecule has 1 aromatic rings. The van der Waals surface area contributed by atoms with Gasteiger partial charge < -0.3 is 25.2 Å². The Morgan fingerprint density at radius 3 is 2.78 bits per heavy atom. The van der Waals surface area contributed by atoms with Gasteiger partial charge in [-0.05, 0) is 40.0 Å². The molecule has 1 aromatic carbocycles. The van der Waals surface area contributed by atoms with Crippen LogP contribution in [0.5, 0.6) is 11.5 Å². The fraction of sp³-hybridized carbons (Fsp3) is 0.625. The first kappa shape index (κ1) is 20.5. The third kappa shape index (κ3) is 5.80.